The molecule has 2 rings (SSSR count). The Morgan fingerprint density at radius 3 is 2.23 bits per heavy atom. The van der Waals surface area contributed by atoms with Crippen molar-refractivity contribution >= 4 is 11.9 Å². The molecule has 0 bridgehead atoms. The largest absolute Gasteiger partial charge is 0.481 e. The number of nitrogens with one attached hydrogen (secondary N) is 1. The minimum absolute atomic E-state index is 0.188. The van der Waals surface area contributed by atoms with E-state index in [-0.39, 0.29) is 6.04 Å². The lowest BCUT2D eigenvalue weighted by molar-refractivity contribution is -0.157. The first kappa shape index (κ1) is 25.9. The molecule has 0 heterocycles. The summed E-state index contributed by atoms with van der Waals surface area (Å²) in [6.07, 6.45) is -2.76. The molecule has 1 aromatic rings. The second-order valence-electron chi connectivity index (χ2n) is 8.65. The smallest absolute Gasteiger partial charge is 0.416 e. The van der Waals surface area contributed by atoms with E-state index in [4.69, 9.17) is 10.2 Å². The van der Waals surface area contributed by atoms with E-state index in [1.54, 1.807) is 26.8 Å². The average Bonchev–Trinajstić information content (AvgIpc) is 2.86. The molecule has 3 atom stereocenters. The van der Waals surface area contributed by atoms with Crippen LogP contribution in [-0.2, 0) is 22.2 Å². The molecule has 5 nitrogen and oxygen atoms in total. The van der Waals surface area contributed by atoms with Crippen LogP contribution in [0.4, 0.5) is 13.2 Å². The highest BCUT2D eigenvalue weighted by Crippen LogP contribution is 2.56. The Bertz CT molecular complexity index is 748. The molecule has 1 saturated carbocycles. The molecule has 2 unspecified atom stereocenters. The maximum atomic E-state index is 12.4. The average molecular weight is 431 g/mol. The van der Waals surface area contributed by atoms with Gasteiger partial charge in [-0.2, -0.15) is 13.2 Å². The SMILES string of the molecule is CC1(C(=O)O)CCC(C(=O)O)C1(C)C.CCN[C@H](C)Cc1cccc(C(F)(F)F)c1. The number of carboxylic acids is 2. The molecule has 170 valence electrons. The van der Waals surface area contributed by atoms with E-state index < -0.39 is 40.4 Å². The highest BCUT2D eigenvalue weighted by molar-refractivity contribution is 5.80. The monoisotopic (exact) mass is 431 g/mol. The van der Waals surface area contributed by atoms with E-state index in [0.29, 0.717) is 24.8 Å². The highest BCUT2D eigenvalue weighted by atomic mass is 19.4. The van der Waals surface area contributed by atoms with E-state index in [1.165, 1.54) is 12.1 Å². The van der Waals surface area contributed by atoms with Crippen LogP contribution in [0.5, 0.6) is 0 Å². The fourth-order valence-electron chi connectivity index (χ4n) is 3.96. The summed E-state index contributed by atoms with van der Waals surface area (Å²) >= 11 is 0. The zero-order valence-electron chi connectivity index (χ0n) is 18.1. The molecule has 0 radical (unpaired) electrons. The molecule has 1 aliphatic carbocycles. The number of rotatable bonds is 6. The third-order valence-electron chi connectivity index (χ3n) is 6.35. The number of halogens is 3. The molecular formula is C22H32F3NO4. The van der Waals surface area contributed by atoms with Crippen LogP contribution in [0.3, 0.4) is 0 Å². The summed E-state index contributed by atoms with van der Waals surface area (Å²) in [6.45, 7) is 9.85. The lowest BCUT2D eigenvalue weighted by Gasteiger charge is -2.36. The van der Waals surface area contributed by atoms with Crippen molar-refractivity contribution < 1.29 is 33.0 Å². The van der Waals surface area contributed by atoms with E-state index >= 15 is 0 Å². The molecule has 0 saturated heterocycles. The Morgan fingerprint density at radius 2 is 1.83 bits per heavy atom. The number of aliphatic carboxylic acids is 2. The van der Waals surface area contributed by atoms with Gasteiger partial charge in [0, 0.05) is 6.04 Å². The number of alkyl halides is 3. The Balaban J connectivity index is 0.000000303. The van der Waals surface area contributed by atoms with Crippen molar-refractivity contribution in [1.82, 2.24) is 5.32 Å². The van der Waals surface area contributed by atoms with Gasteiger partial charge in [-0.15, -0.1) is 0 Å². The fraction of sp³-hybridized carbons (Fsp3) is 0.636. The Labute approximate surface area is 175 Å². The fourth-order valence-corrected chi connectivity index (χ4v) is 3.96. The summed E-state index contributed by atoms with van der Waals surface area (Å²) in [6, 6.07) is 5.68. The number of likely N-dealkylation sites (N-methyl/N-ethyl adjacent to an activating group) is 1. The zero-order valence-corrected chi connectivity index (χ0v) is 18.1. The molecule has 0 aromatic heterocycles. The second-order valence-corrected chi connectivity index (χ2v) is 8.65. The summed E-state index contributed by atoms with van der Waals surface area (Å²) in [5.41, 5.74) is -1.47. The Morgan fingerprint density at radius 1 is 1.23 bits per heavy atom. The summed E-state index contributed by atoms with van der Waals surface area (Å²) < 4.78 is 37.3. The number of carboxylic acid groups (broad SMARTS) is 2. The van der Waals surface area contributed by atoms with Gasteiger partial charge in [0.15, 0.2) is 0 Å². The standard InChI is InChI=1S/C12H16F3N.C10H16O4/c1-3-16-9(2)7-10-5-4-6-11(8-10)12(13,14)15;1-9(2)6(7(11)12)4-5-10(9,3)8(13)14/h4-6,8-9,16H,3,7H2,1-2H3;6H,4-5H2,1-3H3,(H,11,12)(H,13,14)/t9-;/m1./s1. The van der Waals surface area contributed by atoms with E-state index in [2.05, 4.69) is 5.32 Å². The molecule has 0 spiro atoms. The van der Waals surface area contributed by atoms with Gasteiger partial charge in [-0.25, -0.2) is 0 Å². The van der Waals surface area contributed by atoms with E-state index in [1.807, 2.05) is 13.8 Å². The van der Waals surface area contributed by atoms with Crippen LogP contribution >= 0.6 is 0 Å². The van der Waals surface area contributed by atoms with Crippen molar-refractivity contribution in [2.24, 2.45) is 16.7 Å². The minimum atomic E-state index is -4.25. The zero-order chi connectivity index (χ0) is 23.3. The molecule has 0 aliphatic heterocycles. The van der Waals surface area contributed by atoms with Crippen molar-refractivity contribution in [3.63, 3.8) is 0 Å². The second kappa shape index (κ2) is 9.81. The third kappa shape index (κ3) is 5.97. The Kier molecular flexibility index (Phi) is 8.49. The van der Waals surface area contributed by atoms with Gasteiger partial charge in [0.25, 0.3) is 0 Å². The number of benzene rings is 1. The number of carbonyl (C=O) groups is 2. The summed E-state index contributed by atoms with van der Waals surface area (Å²) in [7, 11) is 0. The van der Waals surface area contributed by atoms with Gasteiger partial charge in [0.05, 0.1) is 16.9 Å². The minimum Gasteiger partial charge on any atom is -0.481 e. The summed E-state index contributed by atoms with van der Waals surface area (Å²) in [5, 5.41) is 21.3. The van der Waals surface area contributed by atoms with Crippen LogP contribution in [-0.4, -0.2) is 34.7 Å². The molecule has 1 fully saturated rings. The summed E-state index contributed by atoms with van der Waals surface area (Å²) in [4.78, 5) is 22.0. The van der Waals surface area contributed by atoms with Gasteiger partial charge >= 0.3 is 18.1 Å². The Hall–Kier alpha value is -2.09. The van der Waals surface area contributed by atoms with E-state index in [9.17, 15) is 22.8 Å². The quantitative estimate of drug-likeness (QED) is 0.600. The lowest BCUT2D eigenvalue weighted by Crippen LogP contribution is -2.42. The first-order valence-electron chi connectivity index (χ1n) is 10.0. The van der Waals surface area contributed by atoms with Gasteiger partial charge in [-0.1, -0.05) is 39.0 Å². The third-order valence-corrected chi connectivity index (χ3v) is 6.35. The van der Waals surface area contributed by atoms with Crippen molar-refractivity contribution in [3.05, 3.63) is 35.4 Å². The van der Waals surface area contributed by atoms with Crippen LogP contribution in [0.1, 0.15) is 58.6 Å². The highest BCUT2D eigenvalue weighted by Gasteiger charge is 2.58. The van der Waals surface area contributed by atoms with Crippen molar-refractivity contribution in [1.29, 1.82) is 0 Å². The maximum Gasteiger partial charge on any atom is 0.416 e. The molecule has 0 amide bonds. The van der Waals surface area contributed by atoms with Gasteiger partial charge in [0.1, 0.15) is 0 Å². The van der Waals surface area contributed by atoms with Crippen LogP contribution in [0.2, 0.25) is 0 Å². The molecule has 30 heavy (non-hydrogen) atoms. The molecular weight excluding hydrogens is 399 g/mol. The first-order chi connectivity index (χ1) is 13.7. The first-order valence-corrected chi connectivity index (χ1v) is 10.0. The van der Waals surface area contributed by atoms with Crippen molar-refractivity contribution in [2.45, 2.75) is 66.1 Å². The van der Waals surface area contributed by atoms with Gasteiger partial charge in [-0.3, -0.25) is 9.59 Å². The predicted octanol–water partition coefficient (Wildman–Crippen LogP) is 4.84. The van der Waals surface area contributed by atoms with Crippen LogP contribution < -0.4 is 5.32 Å². The number of hydrogen-bond donors (Lipinski definition) is 3. The number of hydrogen-bond acceptors (Lipinski definition) is 3. The van der Waals surface area contributed by atoms with Crippen molar-refractivity contribution in [3.8, 4) is 0 Å². The molecule has 3 N–H and O–H groups in total. The van der Waals surface area contributed by atoms with Crippen molar-refractivity contribution in [2.75, 3.05) is 6.54 Å². The van der Waals surface area contributed by atoms with Crippen LogP contribution in [0, 0.1) is 16.7 Å². The van der Waals surface area contributed by atoms with Gasteiger partial charge < -0.3 is 15.5 Å². The maximum absolute atomic E-state index is 12.4. The topological polar surface area (TPSA) is 86.6 Å². The van der Waals surface area contributed by atoms with Gasteiger partial charge in [0.2, 0.25) is 0 Å². The molecule has 1 aromatic carbocycles. The molecule has 1 aliphatic rings. The predicted molar refractivity (Wildman–Crippen MR) is 108 cm³/mol. The molecule has 8 heteroatoms. The summed E-state index contributed by atoms with van der Waals surface area (Å²) in [5.74, 6) is -2.34. The van der Waals surface area contributed by atoms with E-state index in [0.717, 1.165) is 12.6 Å². The normalized spacial score (nSPS) is 23.9. The van der Waals surface area contributed by atoms with Crippen LogP contribution in [0.15, 0.2) is 24.3 Å². The lowest BCUT2D eigenvalue weighted by atomic mass is 9.66. The van der Waals surface area contributed by atoms with Gasteiger partial charge in [-0.05, 0) is 56.7 Å². The van der Waals surface area contributed by atoms with Crippen LogP contribution in [0.25, 0.3) is 0 Å².